The molecule has 132 valence electrons. The lowest BCUT2D eigenvalue weighted by molar-refractivity contribution is 0.0697. The maximum atomic E-state index is 11.4. The van der Waals surface area contributed by atoms with E-state index in [0.29, 0.717) is 11.9 Å². The highest BCUT2D eigenvalue weighted by Gasteiger charge is 2.28. The molecule has 3 rings (SSSR count). The first-order chi connectivity index (χ1) is 12.1. The standard InChI is InChI=1S/C20H25N3O2/c1-3-15-6-4-7-16(12-15)13-22(2)17-9-11-23(14-17)19-18(20(24)25)8-5-10-21-19/h4-8,10,12,17H,3,9,11,13-14H2,1-2H3,(H,24,25). The lowest BCUT2D eigenvalue weighted by Gasteiger charge is -2.25. The molecular weight excluding hydrogens is 314 g/mol. The fourth-order valence-electron chi connectivity index (χ4n) is 3.47. The maximum Gasteiger partial charge on any atom is 0.339 e. The van der Waals surface area contributed by atoms with Gasteiger partial charge in [0.15, 0.2) is 0 Å². The first-order valence-corrected chi connectivity index (χ1v) is 8.79. The molecule has 0 amide bonds. The Hall–Kier alpha value is -2.40. The lowest BCUT2D eigenvalue weighted by Crippen LogP contribution is -2.34. The molecule has 2 heterocycles. The number of benzene rings is 1. The highest BCUT2D eigenvalue weighted by atomic mass is 16.4. The Balaban J connectivity index is 1.67. The molecule has 0 spiro atoms. The lowest BCUT2D eigenvalue weighted by atomic mass is 10.1. The normalized spacial score (nSPS) is 17.2. The van der Waals surface area contributed by atoms with Crippen molar-refractivity contribution in [1.29, 1.82) is 0 Å². The monoisotopic (exact) mass is 339 g/mol. The first kappa shape index (κ1) is 17.4. The van der Waals surface area contributed by atoms with E-state index in [1.165, 1.54) is 11.1 Å². The summed E-state index contributed by atoms with van der Waals surface area (Å²) in [7, 11) is 2.14. The highest BCUT2D eigenvalue weighted by Crippen LogP contribution is 2.25. The average Bonchev–Trinajstić information content (AvgIpc) is 3.12. The molecule has 1 aromatic heterocycles. The number of aromatic nitrogens is 1. The number of hydrogen-bond acceptors (Lipinski definition) is 4. The summed E-state index contributed by atoms with van der Waals surface area (Å²) in [6.07, 6.45) is 3.72. The fourth-order valence-corrected chi connectivity index (χ4v) is 3.47. The van der Waals surface area contributed by atoms with Crippen molar-refractivity contribution in [3.63, 3.8) is 0 Å². The van der Waals surface area contributed by atoms with Crippen molar-refractivity contribution in [2.75, 3.05) is 25.0 Å². The molecule has 0 radical (unpaired) electrons. The van der Waals surface area contributed by atoms with Gasteiger partial charge >= 0.3 is 5.97 Å². The van der Waals surface area contributed by atoms with Gasteiger partial charge in [0.05, 0.1) is 0 Å². The van der Waals surface area contributed by atoms with Crippen LogP contribution in [0.25, 0.3) is 0 Å². The number of nitrogens with zero attached hydrogens (tertiary/aromatic N) is 3. The molecule has 25 heavy (non-hydrogen) atoms. The molecule has 1 fully saturated rings. The van der Waals surface area contributed by atoms with Gasteiger partial charge in [-0.3, -0.25) is 4.90 Å². The van der Waals surface area contributed by atoms with E-state index in [4.69, 9.17) is 0 Å². The van der Waals surface area contributed by atoms with Crippen molar-refractivity contribution in [1.82, 2.24) is 9.88 Å². The second-order valence-corrected chi connectivity index (χ2v) is 6.66. The van der Waals surface area contributed by atoms with Crippen molar-refractivity contribution in [2.45, 2.75) is 32.4 Å². The zero-order valence-corrected chi connectivity index (χ0v) is 14.9. The van der Waals surface area contributed by atoms with Gasteiger partial charge in [-0.1, -0.05) is 31.2 Å². The summed E-state index contributed by atoms with van der Waals surface area (Å²) in [5.74, 6) is -0.338. The van der Waals surface area contributed by atoms with Gasteiger partial charge in [-0.2, -0.15) is 0 Å². The molecule has 1 aliphatic heterocycles. The second-order valence-electron chi connectivity index (χ2n) is 6.66. The maximum absolute atomic E-state index is 11.4. The number of anilines is 1. The van der Waals surface area contributed by atoms with Crippen LogP contribution in [0.15, 0.2) is 42.6 Å². The molecule has 5 nitrogen and oxygen atoms in total. The molecule has 1 saturated heterocycles. The van der Waals surface area contributed by atoms with E-state index in [9.17, 15) is 9.90 Å². The largest absolute Gasteiger partial charge is 0.478 e. The minimum atomic E-state index is -0.920. The van der Waals surface area contributed by atoms with Crippen LogP contribution < -0.4 is 4.90 Å². The molecule has 2 aromatic rings. The van der Waals surface area contributed by atoms with Crippen LogP contribution in [0.4, 0.5) is 5.82 Å². The smallest absolute Gasteiger partial charge is 0.339 e. The Morgan fingerprint density at radius 2 is 2.12 bits per heavy atom. The van der Waals surface area contributed by atoms with Crippen LogP contribution in [0.1, 0.15) is 34.8 Å². The van der Waals surface area contributed by atoms with Gasteiger partial charge in [-0.25, -0.2) is 9.78 Å². The minimum Gasteiger partial charge on any atom is -0.478 e. The van der Waals surface area contributed by atoms with Crippen LogP contribution in [0.2, 0.25) is 0 Å². The summed E-state index contributed by atoms with van der Waals surface area (Å²) in [6, 6.07) is 12.4. The van der Waals surface area contributed by atoms with E-state index in [0.717, 1.165) is 32.5 Å². The van der Waals surface area contributed by atoms with E-state index in [1.807, 2.05) is 0 Å². The number of aromatic carboxylic acids is 1. The minimum absolute atomic E-state index is 0.279. The van der Waals surface area contributed by atoms with Crippen molar-refractivity contribution in [2.24, 2.45) is 0 Å². The van der Waals surface area contributed by atoms with Gasteiger partial charge < -0.3 is 10.0 Å². The second kappa shape index (κ2) is 7.66. The highest BCUT2D eigenvalue weighted by molar-refractivity contribution is 5.93. The Morgan fingerprint density at radius 3 is 2.88 bits per heavy atom. The van der Waals surface area contributed by atoms with Gasteiger partial charge in [0.1, 0.15) is 11.4 Å². The molecule has 5 heteroatoms. The molecule has 1 unspecified atom stereocenters. The third kappa shape index (κ3) is 3.99. The molecule has 0 saturated carbocycles. The summed E-state index contributed by atoms with van der Waals surface area (Å²) in [4.78, 5) is 20.2. The van der Waals surface area contributed by atoms with Crippen molar-refractivity contribution in [3.05, 3.63) is 59.3 Å². The van der Waals surface area contributed by atoms with E-state index < -0.39 is 5.97 Å². The van der Waals surface area contributed by atoms with E-state index >= 15 is 0 Å². The van der Waals surface area contributed by atoms with E-state index in [2.05, 4.69) is 53.0 Å². The summed E-state index contributed by atoms with van der Waals surface area (Å²) in [5, 5.41) is 9.37. The van der Waals surface area contributed by atoms with Gasteiger partial charge in [0.2, 0.25) is 0 Å². The topological polar surface area (TPSA) is 56.7 Å². The Kier molecular flexibility index (Phi) is 5.34. The number of pyridine rings is 1. The number of hydrogen-bond donors (Lipinski definition) is 1. The number of carbonyl (C=O) groups is 1. The van der Waals surface area contributed by atoms with Crippen LogP contribution >= 0.6 is 0 Å². The molecular formula is C20H25N3O2. The number of likely N-dealkylation sites (N-methyl/N-ethyl adjacent to an activating group) is 1. The zero-order chi connectivity index (χ0) is 17.8. The number of carboxylic acid groups (broad SMARTS) is 1. The summed E-state index contributed by atoms with van der Waals surface area (Å²) < 4.78 is 0. The zero-order valence-electron chi connectivity index (χ0n) is 14.9. The van der Waals surface area contributed by atoms with Gasteiger partial charge in [-0.15, -0.1) is 0 Å². The van der Waals surface area contributed by atoms with Crippen LogP contribution in [-0.4, -0.2) is 47.1 Å². The van der Waals surface area contributed by atoms with Crippen LogP contribution in [0.5, 0.6) is 0 Å². The number of aryl methyl sites for hydroxylation is 1. The quantitative estimate of drug-likeness (QED) is 0.876. The van der Waals surface area contributed by atoms with Gasteiger partial charge in [0, 0.05) is 31.9 Å². The van der Waals surface area contributed by atoms with Crippen LogP contribution in [-0.2, 0) is 13.0 Å². The van der Waals surface area contributed by atoms with E-state index in [-0.39, 0.29) is 5.56 Å². The summed E-state index contributed by atoms with van der Waals surface area (Å²) >= 11 is 0. The van der Waals surface area contributed by atoms with Crippen molar-refractivity contribution in [3.8, 4) is 0 Å². The SMILES string of the molecule is CCc1cccc(CN(C)C2CCN(c3ncccc3C(=O)O)C2)c1. The van der Waals surface area contributed by atoms with Crippen LogP contribution in [0, 0.1) is 0 Å². The third-order valence-corrected chi connectivity index (χ3v) is 4.93. The molecule has 1 aliphatic rings. The van der Waals surface area contributed by atoms with Crippen molar-refractivity contribution < 1.29 is 9.90 Å². The Bertz CT molecular complexity index is 747. The Labute approximate surface area is 148 Å². The van der Waals surface area contributed by atoms with Gasteiger partial charge in [0.25, 0.3) is 0 Å². The van der Waals surface area contributed by atoms with Crippen LogP contribution in [0.3, 0.4) is 0 Å². The fraction of sp³-hybridized carbons (Fsp3) is 0.400. The number of rotatable bonds is 6. The predicted molar refractivity (Wildman–Crippen MR) is 99.1 cm³/mol. The van der Waals surface area contributed by atoms with Crippen molar-refractivity contribution >= 4 is 11.8 Å². The predicted octanol–water partition coefficient (Wildman–Crippen LogP) is 3.05. The van der Waals surface area contributed by atoms with E-state index in [1.54, 1.807) is 18.3 Å². The molecule has 0 bridgehead atoms. The molecule has 1 atom stereocenters. The third-order valence-electron chi connectivity index (χ3n) is 4.93. The average molecular weight is 339 g/mol. The molecule has 1 N–H and O–H groups in total. The molecule has 1 aromatic carbocycles. The molecule has 0 aliphatic carbocycles. The summed E-state index contributed by atoms with van der Waals surface area (Å²) in [6.45, 7) is 4.72. The van der Waals surface area contributed by atoms with Gasteiger partial charge in [-0.05, 0) is 43.1 Å². The first-order valence-electron chi connectivity index (χ1n) is 8.79. The number of carboxylic acids is 1. The summed E-state index contributed by atoms with van der Waals surface area (Å²) in [5.41, 5.74) is 2.96. The Morgan fingerprint density at radius 1 is 1.32 bits per heavy atom.